The van der Waals surface area contributed by atoms with E-state index in [0.717, 1.165) is 25.0 Å². The highest BCUT2D eigenvalue weighted by molar-refractivity contribution is 5.76. The molecule has 3 rings (SSSR count). The quantitative estimate of drug-likeness (QED) is 0.762. The van der Waals surface area contributed by atoms with E-state index in [2.05, 4.69) is 31.0 Å². The van der Waals surface area contributed by atoms with Crippen LogP contribution in [0.4, 0.5) is 0 Å². The van der Waals surface area contributed by atoms with E-state index in [9.17, 15) is 9.59 Å². The summed E-state index contributed by atoms with van der Waals surface area (Å²) in [5, 5.41) is 0. The number of amides is 1. The minimum atomic E-state index is -0.105. The van der Waals surface area contributed by atoms with Crippen molar-refractivity contribution < 1.29 is 4.79 Å². The van der Waals surface area contributed by atoms with Gasteiger partial charge in [0.2, 0.25) is 5.91 Å². The Balaban J connectivity index is 1.68. The van der Waals surface area contributed by atoms with Gasteiger partial charge in [0.05, 0.1) is 17.8 Å². The van der Waals surface area contributed by atoms with E-state index in [4.69, 9.17) is 4.98 Å². The predicted octanol–water partition coefficient (Wildman–Crippen LogP) is 3.52. The molecular weight excluding hydrogens is 338 g/mol. The third-order valence-electron chi connectivity index (χ3n) is 5.33. The van der Waals surface area contributed by atoms with Crippen molar-refractivity contribution in [3.05, 3.63) is 62.8 Å². The first-order valence-corrected chi connectivity index (χ1v) is 10.0. The lowest BCUT2D eigenvalue weighted by molar-refractivity contribution is -0.132. The van der Waals surface area contributed by atoms with Crippen LogP contribution in [0.15, 0.2) is 29.1 Å². The third-order valence-corrected chi connectivity index (χ3v) is 5.33. The zero-order chi connectivity index (χ0) is 19.2. The Morgan fingerprint density at radius 2 is 2.04 bits per heavy atom. The van der Waals surface area contributed by atoms with Gasteiger partial charge in [0, 0.05) is 25.8 Å². The van der Waals surface area contributed by atoms with E-state index in [1.807, 2.05) is 17.0 Å². The molecule has 144 valence electrons. The van der Waals surface area contributed by atoms with Gasteiger partial charge in [-0.3, -0.25) is 9.59 Å². The summed E-state index contributed by atoms with van der Waals surface area (Å²) in [6.45, 7) is 5.26. The minimum Gasteiger partial charge on any atom is -0.338 e. The Labute approximate surface area is 160 Å². The van der Waals surface area contributed by atoms with Crippen molar-refractivity contribution in [1.82, 2.24) is 14.9 Å². The maximum absolute atomic E-state index is 12.6. The number of rotatable bonds is 7. The molecule has 0 aliphatic carbocycles. The number of nitrogens with one attached hydrogen (secondary N) is 1. The van der Waals surface area contributed by atoms with Crippen molar-refractivity contribution in [2.75, 3.05) is 6.54 Å². The molecule has 1 aromatic heterocycles. The van der Waals surface area contributed by atoms with Crippen molar-refractivity contribution in [2.24, 2.45) is 0 Å². The molecule has 0 spiro atoms. The van der Waals surface area contributed by atoms with Gasteiger partial charge in [-0.2, -0.15) is 0 Å². The van der Waals surface area contributed by atoms with Crippen LogP contribution in [0.3, 0.4) is 0 Å². The maximum Gasteiger partial charge on any atom is 0.256 e. The molecule has 27 heavy (non-hydrogen) atoms. The molecule has 2 aromatic rings. The number of fused-ring (bicyclic) bond motifs is 1. The molecule has 1 N–H and O–H groups in total. The molecule has 5 heteroatoms. The van der Waals surface area contributed by atoms with Crippen LogP contribution in [-0.2, 0) is 24.2 Å². The van der Waals surface area contributed by atoms with E-state index in [0.29, 0.717) is 43.7 Å². The average molecular weight is 367 g/mol. The number of hydrogen-bond acceptors (Lipinski definition) is 3. The second-order valence-corrected chi connectivity index (χ2v) is 7.42. The lowest BCUT2D eigenvalue weighted by Gasteiger charge is -2.28. The van der Waals surface area contributed by atoms with E-state index in [1.165, 1.54) is 17.5 Å². The average Bonchev–Trinajstić information content (AvgIpc) is 2.67. The fourth-order valence-corrected chi connectivity index (χ4v) is 3.62. The monoisotopic (exact) mass is 367 g/mol. The number of aromatic amines is 1. The molecular formula is C22H29N3O2. The molecule has 0 fully saturated rings. The number of carbonyl (C=O) groups is 1. The Hall–Kier alpha value is -2.43. The summed E-state index contributed by atoms with van der Waals surface area (Å²) in [6.07, 6.45) is 6.21. The topological polar surface area (TPSA) is 66.1 Å². The van der Waals surface area contributed by atoms with Crippen LogP contribution in [-0.4, -0.2) is 27.3 Å². The summed E-state index contributed by atoms with van der Waals surface area (Å²) in [7, 11) is 0. The summed E-state index contributed by atoms with van der Waals surface area (Å²) in [4.78, 5) is 34.4. The van der Waals surface area contributed by atoms with Gasteiger partial charge in [-0.25, -0.2) is 4.98 Å². The van der Waals surface area contributed by atoms with E-state index in [1.54, 1.807) is 0 Å². The SMILES string of the molecule is CCCCCCC(=O)N1CCc2nc(Cc3ccccc3C)[nH]c(=O)c2C1. The molecule has 1 aliphatic heterocycles. The summed E-state index contributed by atoms with van der Waals surface area (Å²) in [6, 6.07) is 8.14. The molecule has 5 nitrogen and oxygen atoms in total. The number of unbranched alkanes of at least 4 members (excludes halogenated alkanes) is 3. The first-order valence-electron chi connectivity index (χ1n) is 10.0. The number of nitrogens with zero attached hydrogens (tertiary/aromatic N) is 2. The lowest BCUT2D eigenvalue weighted by Crippen LogP contribution is -2.39. The molecule has 0 unspecified atom stereocenters. The lowest BCUT2D eigenvalue weighted by atomic mass is 10.0. The normalized spacial score (nSPS) is 13.5. The predicted molar refractivity (Wildman–Crippen MR) is 107 cm³/mol. The third kappa shape index (κ3) is 4.85. The van der Waals surface area contributed by atoms with Gasteiger partial charge in [-0.1, -0.05) is 50.5 Å². The fraction of sp³-hybridized carbons (Fsp3) is 0.500. The summed E-state index contributed by atoms with van der Waals surface area (Å²) < 4.78 is 0. The van der Waals surface area contributed by atoms with Crippen molar-refractivity contribution in [3.8, 4) is 0 Å². The number of H-pyrrole nitrogens is 1. The molecule has 2 heterocycles. The Kier molecular flexibility index (Phi) is 6.43. The maximum atomic E-state index is 12.6. The zero-order valence-corrected chi connectivity index (χ0v) is 16.4. The molecule has 1 aromatic carbocycles. The van der Waals surface area contributed by atoms with Crippen LogP contribution in [0.1, 0.15) is 67.2 Å². The van der Waals surface area contributed by atoms with Gasteiger partial charge in [0.25, 0.3) is 5.56 Å². The first kappa shape index (κ1) is 19.3. The van der Waals surface area contributed by atoms with Crippen LogP contribution in [0.5, 0.6) is 0 Å². The van der Waals surface area contributed by atoms with Crippen molar-refractivity contribution in [3.63, 3.8) is 0 Å². The van der Waals surface area contributed by atoms with E-state index < -0.39 is 0 Å². The number of carbonyl (C=O) groups excluding carboxylic acids is 1. The van der Waals surface area contributed by atoms with Crippen LogP contribution < -0.4 is 5.56 Å². The molecule has 0 saturated carbocycles. The van der Waals surface area contributed by atoms with Gasteiger partial charge in [-0.05, 0) is 24.5 Å². The van der Waals surface area contributed by atoms with Gasteiger partial charge < -0.3 is 9.88 Å². The van der Waals surface area contributed by atoms with Crippen molar-refractivity contribution in [1.29, 1.82) is 0 Å². The molecule has 0 bridgehead atoms. The number of aromatic nitrogens is 2. The number of hydrogen-bond donors (Lipinski definition) is 1. The Morgan fingerprint density at radius 1 is 1.22 bits per heavy atom. The smallest absolute Gasteiger partial charge is 0.256 e. The highest BCUT2D eigenvalue weighted by Crippen LogP contribution is 2.17. The molecule has 0 radical (unpaired) electrons. The Bertz CT molecular complexity index is 857. The summed E-state index contributed by atoms with van der Waals surface area (Å²) in [5.41, 5.74) is 3.75. The molecule has 1 amide bonds. The minimum absolute atomic E-state index is 0.105. The van der Waals surface area contributed by atoms with Crippen molar-refractivity contribution in [2.45, 2.75) is 65.3 Å². The zero-order valence-electron chi connectivity index (χ0n) is 16.4. The fourth-order valence-electron chi connectivity index (χ4n) is 3.62. The second kappa shape index (κ2) is 8.98. The van der Waals surface area contributed by atoms with Gasteiger partial charge in [-0.15, -0.1) is 0 Å². The highest BCUT2D eigenvalue weighted by Gasteiger charge is 2.24. The second-order valence-electron chi connectivity index (χ2n) is 7.42. The molecule has 1 aliphatic rings. The Morgan fingerprint density at radius 3 is 2.81 bits per heavy atom. The van der Waals surface area contributed by atoms with Crippen LogP contribution in [0.2, 0.25) is 0 Å². The van der Waals surface area contributed by atoms with Gasteiger partial charge >= 0.3 is 0 Å². The van der Waals surface area contributed by atoms with Crippen LogP contribution in [0.25, 0.3) is 0 Å². The first-order chi connectivity index (χ1) is 13.1. The molecule has 0 saturated heterocycles. The summed E-state index contributed by atoms with van der Waals surface area (Å²) in [5.74, 6) is 0.854. The van der Waals surface area contributed by atoms with E-state index in [-0.39, 0.29) is 11.5 Å². The largest absolute Gasteiger partial charge is 0.338 e. The van der Waals surface area contributed by atoms with Gasteiger partial charge in [0.1, 0.15) is 5.82 Å². The van der Waals surface area contributed by atoms with Gasteiger partial charge in [0.15, 0.2) is 0 Å². The number of aryl methyl sites for hydroxylation is 1. The highest BCUT2D eigenvalue weighted by atomic mass is 16.2. The van der Waals surface area contributed by atoms with Crippen LogP contribution in [0, 0.1) is 6.92 Å². The molecule has 0 atom stereocenters. The van der Waals surface area contributed by atoms with E-state index >= 15 is 0 Å². The number of benzene rings is 1. The van der Waals surface area contributed by atoms with Crippen LogP contribution >= 0.6 is 0 Å². The standard InChI is InChI=1S/C22H29N3O2/c1-3-4-5-6-11-21(26)25-13-12-19-18(15-25)22(27)24-20(23-19)14-17-10-8-7-9-16(17)2/h7-10H,3-6,11-15H2,1-2H3,(H,23,24,27). The van der Waals surface area contributed by atoms with Crippen molar-refractivity contribution >= 4 is 5.91 Å². The summed E-state index contributed by atoms with van der Waals surface area (Å²) >= 11 is 0.